The summed E-state index contributed by atoms with van der Waals surface area (Å²) in [4.78, 5) is 57.2. The number of aromatic hydroxyl groups is 2. The van der Waals surface area contributed by atoms with E-state index in [0.29, 0.717) is 5.75 Å². The first kappa shape index (κ1) is 38.6. The maximum absolute atomic E-state index is 13.9. The number of aromatic nitrogens is 1. The molecule has 15 nitrogen and oxygen atoms in total. The van der Waals surface area contributed by atoms with Gasteiger partial charge < -0.3 is 49.8 Å². The summed E-state index contributed by atoms with van der Waals surface area (Å²) in [6.07, 6.45) is -4.09. The topological polar surface area (TPSA) is 231 Å². The molecule has 17 heteroatoms. The second-order valence-corrected chi connectivity index (χ2v) is 15.2. The molecule has 1 aromatic heterocycles. The molecule has 6 rings (SSSR count). The van der Waals surface area contributed by atoms with Crippen LogP contribution in [0.15, 0.2) is 47.6 Å². The number of rotatable bonds is 13. The molecule has 3 aliphatic rings. The standard InChI is InChI=1S/C36H38N2O13S2/c1-17-31(42)20(38-15-25(41)49-10-11-52-53-24-8-3-4-9-37-24)12-26(50-17)51-22-14-36(47,23(40)16-39)13-19-28(22)35(46)30-29(33(19)44)32(43)18-6-5-7-21(48-2)27(18)34(30)45/h3-9,17,20,22,26,31,38-39,42,44,46-47H,10-16H2,1-2H3/t17?,20?,22-,26?,31?,36-/m0/s1. The number of ether oxygens (including phenoxy) is 4. The van der Waals surface area contributed by atoms with Gasteiger partial charge >= 0.3 is 5.97 Å². The predicted molar refractivity (Wildman–Crippen MR) is 189 cm³/mol. The SMILES string of the molecule is COc1cccc2c1C(=O)c1c(O)c3c(c(O)c1C2=O)C[C@@](O)(C(=O)CO)C[C@@H]3OC1CC(NCC(=O)OCCSSc2ccccn2)C(O)C(C)O1. The lowest BCUT2D eigenvalue weighted by atomic mass is 9.72. The molecule has 6 atom stereocenters. The Kier molecular flexibility index (Phi) is 11.8. The van der Waals surface area contributed by atoms with Crippen molar-refractivity contribution in [1.29, 1.82) is 0 Å². The van der Waals surface area contributed by atoms with Crippen molar-refractivity contribution in [2.75, 3.05) is 32.6 Å². The van der Waals surface area contributed by atoms with Gasteiger partial charge in [0.25, 0.3) is 0 Å². The minimum Gasteiger partial charge on any atom is -0.507 e. The second kappa shape index (κ2) is 16.1. The number of hydrogen-bond acceptors (Lipinski definition) is 17. The van der Waals surface area contributed by atoms with Gasteiger partial charge in [-0.1, -0.05) is 29.0 Å². The number of Topliss-reactive ketones (excluding diaryl/α,β-unsaturated/α-hetero) is 1. The minimum atomic E-state index is -2.32. The third-order valence-electron chi connectivity index (χ3n) is 9.48. The van der Waals surface area contributed by atoms with Gasteiger partial charge in [-0.2, -0.15) is 0 Å². The number of benzene rings is 2. The number of esters is 1. The smallest absolute Gasteiger partial charge is 0.319 e. The van der Waals surface area contributed by atoms with Crippen LogP contribution in [0.5, 0.6) is 17.2 Å². The quantitative estimate of drug-likeness (QED) is 0.0494. The summed E-state index contributed by atoms with van der Waals surface area (Å²) in [5.41, 5.74) is -3.92. The molecule has 0 saturated carbocycles. The molecule has 4 unspecified atom stereocenters. The summed E-state index contributed by atoms with van der Waals surface area (Å²) >= 11 is 0. The van der Waals surface area contributed by atoms with E-state index in [1.54, 1.807) is 13.1 Å². The van der Waals surface area contributed by atoms with Crippen molar-refractivity contribution in [2.45, 2.75) is 67.5 Å². The van der Waals surface area contributed by atoms with Crippen molar-refractivity contribution in [3.05, 3.63) is 76.0 Å². The highest BCUT2D eigenvalue weighted by Gasteiger charge is 2.50. The highest BCUT2D eigenvalue weighted by Crippen LogP contribution is 2.52. The second-order valence-electron chi connectivity index (χ2n) is 12.8. The highest BCUT2D eigenvalue weighted by atomic mass is 33.1. The lowest BCUT2D eigenvalue weighted by molar-refractivity contribution is -0.249. The number of ketones is 3. The number of methoxy groups -OCH3 is 1. The maximum atomic E-state index is 13.9. The predicted octanol–water partition coefficient (Wildman–Crippen LogP) is 2.01. The van der Waals surface area contributed by atoms with E-state index < -0.39 is 102 Å². The van der Waals surface area contributed by atoms with E-state index in [1.807, 2.05) is 18.2 Å². The third-order valence-corrected chi connectivity index (χ3v) is 11.7. The molecule has 53 heavy (non-hydrogen) atoms. The van der Waals surface area contributed by atoms with E-state index in [0.717, 1.165) is 5.03 Å². The van der Waals surface area contributed by atoms with E-state index >= 15 is 0 Å². The zero-order chi connectivity index (χ0) is 38.0. The van der Waals surface area contributed by atoms with Crippen LogP contribution in [0.3, 0.4) is 0 Å². The Bertz CT molecular complexity index is 1910. The number of carbonyl (C=O) groups excluding carboxylic acids is 4. The molecule has 2 aromatic carbocycles. The molecule has 0 spiro atoms. The van der Waals surface area contributed by atoms with Crippen LogP contribution in [-0.4, -0.2) is 117 Å². The summed E-state index contributed by atoms with van der Waals surface area (Å²) < 4.78 is 22.8. The average molecular weight is 771 g/mol. The van der Waals surface area contributed by atoms with Crippen LogP contribution in [0.2, 0.25) is 0 Å². The normalized spacial score (nSPS) is 24.9. The molecule has 0 amide bonds. The molecular weight excluding hydrogens is 733 g/mol. The van der Waals surface area contributed by atoms with Crippen LogP contribution in [-0.2, 0) is 30.2 Å². The lowest BCUT2D eigenvalue weighted by Gasteiger charge is -2.43. The van der Waals surface area contributed by atoms with Crippen LogP contribution in [0, 0.1) is 0 Å². The summed E-state index contributed by atoms with van der Waals surface area (Å²) in [7, 11) is 4.24. The van der Waals surface area contributed by atoms with E-state index in [9.17, 15) is 44.7 Å². The zero-order valence-electron chi connectivity index (χ0n) is 28.6. The first-order chi connectivity index (χ1) is 25.4. The van der Waals surface area contributed by atoms with E-state index in [1.165, 1.54) is 46.9 Å². The Hall–Kier alpha value is -4.07. The number of phenolic OH excluding ortho intramolecular Hbond substituents is 2. The van der Waals surface area contributed by atoms with Crippen molar-refractivity contribution in [2.24, 2.45) is 0 Å². The fraction of sp³-hybridized carbons (Fsp3) is 0.417. The number of nitrogens with zero attached hydrogens (tertiary/aromatic N) is 1. The first-order valence-electron chi connectivity index (χ1n) is 16.7. The summed E-state index contributed by atoms with van der Waals surface area (Å²) in [6, 6.07) is 9.13. The minimum absolute atomic E-state index is 0.0623. The van der Waals surface area contributed by atoms with E-state index in [-0.39, 0.29) is 47.6 Å². The van der Waals surface area contributed by atoms with Crippen molar-refractivity contribution < 1.29 is 63.7 Å². The molecule has 6 N–H and O–H groups in total. The van der Waals surface area contributed by atoms with Crippen molar-refractivity contribution in [3.63, 3.8) is 0 Å². The van der Waals surface area contributed by atoms with Crippen LogP contribution >= 0.6 is 21.6 Å². The first-order valence-corrected chi connectivity index (χ1v) is 19.0. The number of hydrogen-bond donors (Lipinski definition) is 6. The molecule has 0 radical (unpaired) electrons. The van der Waals surface area contributed by atoms with Crippen LogP contribution in [0.25, 0.3) is 0 Å². The van der Waals surface area contributed by atoms with Gasteiger partial charge in [-0.05, 0) is 35.9 Å². The summed E-state index contributed by atoms with van der Waals surface area (Å²) in [6.45, 7) is 0.400. The number of pyridine rings is 1. The monoisotopic (exact) mass is 770 g/mol. The number of carbonyl (C=O) groups is 4. The molecule has 2 heterocycles. The summed E-state index contributed by atoms with van der Waals surface area (Å²) in [5.74, 6) is -4.03. The summed E-state index contributed by atoms with van der Waals surface area (Å²) in [5, 5.41) is 59.2. The molecule has 3 aromatic rings. The van der Waals surface area contributed by atoms with Gasteiger partial charge in [0.1, 0.15) is 41.1 Å². The number of fused-ring (bicyclic) bond motifs is 3. The molecule has 2 aliphatic carbocycles. The zero-order valence-corrected chi connectivity index (χ0v) is 30.3. The van der Waals surface area contributed by atoms with Crippen molar-refractivity contribution in [1.82, 2.24) is 10.3 Å². The fourth-order valence-electron chi connectivity index (χ4n) is 6.87. The Morgan fingerprint density at radius 2 is 1.85 bits per heavy atom. The van der Waals surface area contributed by atoms with Gasteiger partial charge in [-0.3, -0.25) is 19.2 Å². The molecule has 1 aliphatic heterocycles. The van der Waals surface area contributed by atoms with Crippen LogP contribution < -0.4 is 10.1 Å². The Morgan fingerprint density at radius 3 is 2.57 bits per heavy atom. The van der Waals surface area contributed by atoms with Crippen molar-refractivity contribution >= 4 is 44.9 Å². The third kappa shape index (κ3) is 7.65. The number of aliphatic hydroxyl groups excluding tert-OH is 2. The molecule has 1 saturated heterocycles. The highest BCUT2D eigenvalue weighted by molar-refractivity contribution is 8.76. The van der Waals surface area contributed by atoms with Gasteiger partial charge in [0.15, 0.2) is 17.9 Å². The van der Waals surface area contributed by atoms with Crippen LogP contribution in [0.4, 0.5) is 0 Å². The average Bonchev–Trinajstić information content (AvgIpc) is 3.15. The van der Waals surface area contributed by atoms with Gasteiger partial charge in [-0.15, -0.1) is 0 Å². The Morgan fingerprint density at radius 1 is 1.08 bits per heavy atom. The molecular formula is C36H38N2O13S2. The molecule has 0 bridgehead atoms. The van der Waals surface area contributed by atoms with Gasteiger partial charge in [0, 0.05) is 53.9 Å². The van der Waals surface area contributed by atoms with Gasteiger partial charge in [-0.25, -0.2) is 4.98 Å². The Balaban J connectivity index is 1.21. The Labute approximate surface area is 311 Å². The molecule has 282 valence electrons. The van der Waals surface area contributed by atoms with E-state index in [4.69, 9.17) is 18.9 Å². The number of aliphatic hydroxyl groups is 3. The number of nitrogens with one attached hydrogen (secondary N) is 1. The maximum Gasteiger partial charge on any atom is 0.319 e. The van der Waals surface area contributed by atoms with Crippen LogP contribution in [0.1, 0.15) is 68.8 Å². The largest absolute Gasteiger partial charge is 0.507 e. The van der Waals surface area contributed by atoms with Gasteiger partial charge in [0.2, 0.25) is 5.78 Å². The van der Waals surface area contributed by atoms with Gasteiger partial charge in [0.05, 0.1) is 48.7 Å². The molecule has 1 fully saturated rings. The van der Waals surface area contributed by atoms with Crippen molar-refractivity contribution in [3.8, 4) is 17.2 Å². The number of phenols is 2. The fourth-order valence-corrected chi connectivity index (χ4v) is 8.58. The lowest BCUT2D eigenvalue weighted by Crippen LogP contribution is -2.55. The van der Waals surface area contributed by atoms with E-state index in [2.05, 4.69) is 10.3 Å².